The first-order chi connectivity index (χ1) is 38.4. The van der Waals surface area contributed by atoms with Crippen LogP contribution in [0.25, 0.3) is 0 Å². The van der Waals surface area contributed by atoms with Crippen molar-refractivity contribution < 1.29 is 72.9 Å². The number of hydrogen-bond acceptors (Lipinski definition) is 19. The lowest BCUT2D eigenvalue weighted by Crippen LogP contribution is -2.62. The van der Waals surface area contributed by atoms with E-state index >= 15 is 0 Å². The molecule has 0 unspecified atom stereocenters. The summed E-state index contributed by atoms with van der Waals surface area (Å²) in [4.78, 5) is 160. The molecule has 462 valence electrons. The number of aromatic hydroxyl groups is 1. The number of phenols is 1. The number of hydrogen-bond donors (Lipinski definition) is 19. The number of benzene rings is 1. The highest BCUT2D eigenvalue weighted by atomic mass is 32.1. The third-order valence-corrected chi connectivity index (χ3v) is 13.3. The summed E-state index contributed by atoms with van der Waals surface area (Å²) in [5.74, 6) is -13.6. The Morgan fingerprint density at radius 2 is 0.866 bits per heavy atom. The zero-order chi connectivity index (χ0) is 62.6. The summed E-state index contributed by atoms with van der Waals surface area (Å²) in [5.41, 5.74) is 17.2. The summed E-state index contributed by atoms with van der Waals surface area (Å²) in [6.07, 6.45) is -0.256. The van der Waals surface area contributed by atoms with Gasteiger partial charge in [0.1, 0.15) is 66.2 Å². The van der Waals surface area contributed by atoms with Crippen molar-refractivity contribution in [1.29, 1.82) is 0 Å². The molecule has 0 radical (unpaired) electrons. The minimum Gasteiger partial charge on any atom is -0.508 e. The second-order valence-electron chi connectivity index (χ2n) is 20.7. The fraction of sp³-hybridized carbons (Fsp3) is 0.647. The molecule has 0 fully saturated rings. The van der Waals surface area contributed by atoms with Crippen molar-refractivity contribution in [3.05, 3.63) is 29.8 Å². The lowest BCUT2D eigenvalue weighted by atomic mass is 9.99. The van der Waals surface area contributed by atoms with Gasteiger partial charge in [-0.05, 0) is 81.0 Å². The van der Waals surface area contributed by atoms with Crippen LogP contribution in [0.4, 0.5) is 0 Å². The van der Waals surface area contributed by atoms with Gasteiger partial charge < -0.3 is 85.7 Å². The van der Waals surface area contributed by atoms with Crippen LogP contribution in [0.3, 0.4) is 0 Å². The smallest absolute Gasteiger partial charge is 0.327 e. The maximum atomic E-state index is 14.2. The van der Waals surface area contributed by atoms with Crippen molar-refractivity contribution in [3.8, 4) is 5.75 Å². The Balaban J connectivity index is 3.41. The van der Waals surface area contributed by atoms with Crippen LogP contribution in [0.15, 0.2) is 24.3 Å². The summed E-state index contributed by atoms with van der Waals surface area (Å²) in [6.45, 7) is 10.7. The lowest BCUT2D eigenvalue weighted by Gasteiger charge is -2.29. The van der Waals surface area contributed by atoms with E-state index in [1.165, 1.54) is 31.2 Å². The van der Waals surface area contributed by atoms with Crippen molar-refractivity contribution in [2.75, 3.05) is 30.4 Å². The van der Waals surface area contributed by atoms with E-state index in [4.69, 9.17) is 17.2 Å². The van der Waals surface area contributed by atoms with Crippen molar-refractivity contribution in [3.63, 3.8) is 0 Å². The Morgan fingerprint density at radius 1 is 0.488 bits per heavy atom. The maximum absolute atomic E-state index is 14.2. The molecule has 0 aliphatic carbocycles. The van der Waals surface area contributed by atoms with E-state index in [2.05, 4.69) is 91.1 Å². The average Bonchev–Trinajstić information content (AvgIpc) is 3.47. The van der Waals surface area contributed by atoms with Crippen LogP contribution < -0.4 is 70.4 Å². The first-order valence-electron chi connectivity index (χ1n) is 26.6. The Hall–Kier alpha value is -6.41. The van der Waals surface area contributed by atoms with Gasteiger partial charge in [0.25, 0.3) is 0 Å². The number of primary amides is 1. The number of aliphatic hydroxyl groups excluding tert-OH is 1. The van der Waals surface area contributed by atoms with Crippen molar-refractivity contribution in [2.24, 2.45) is 35.0 Å². The molecule has 0 bridgehead atoms. The Bertz CT molecular complexity index is 2330. The molecule has 28 nitrogen and oxygen atoms in total. The molecule has 0 saturated carbocycles. The number of carbonyl (C=O) groups excluding carboxylic acids is 11. The topological polar surface area (TPSA) is 464 Å². The monoisotopic (exact) mass is 1220 g/mol. The van der Waals surface area contributed by atoms with Crippen LogP contribution in [-0.4, -0.2) is 183 Å². The summed E-state index contributed by atoms with van der Waals surface area (Å²) >= 11 is 12.3. The zero-order valence-corrected chi connectivity index (χ0v) is 49.9. The number of phenolic OH excluding ortho intramolecular Hbond substituents is 1. The maximum Gasteiger partial charge on any atom is 0.327 e. The highest BCUT2D eigenvalue weighted by Crippen LogP contribution is 2.14. The first kappa shape index (κ1) is 73.6. The number of carbonyl (C=O) groups is 12. The third-order valence-electron chi connectivity index (χ3n) is 12.2. The predicted octanol–water partition coefficient (Wildman–Crippen LogP) is -4.25. The number of thiol groups is 3. The van der Waals surface area contributed by atoms with Crippen LogP contribution in [0.1, 0.15) is 92.6 Å². The van der Waals surface area contributed by atoms with Crippen LogP contribution in [0.2, 0.25) is 0 Å². The molecule has 0 aliphatic heterocycles. The molecule has 11 atom stereocenters. The number of rotatable bonds is 38. The van der Waals surface area contributed by atoms with Gasteiger partial charge in [0, 0.05) is 23.7 Å². The largest absolute Gasteiger partial charge is 0.508 e. The molecule has 19 N–H and O–H groups in total. The van der Waals surface area contributed by atoms with Gasteiger partial charge in [0.15, 0.2) is 0 Å². The summed E-state index contributed by atoms with van der Waals surface area (Å²) < 4.78 is 0. The van der Waals surface area contributed by atoms with Gasteiger partial charge in [-0.3, -0.25) is 52.7 Å². The number of unbranched alkanes of at least 4 members (excludes halogenated alkanes) is 1. The lowest BCUT2D eigenvalue weighted by molar-refractivity contribution is -0.142. The summed E-state index contributed by atoms with van der Waals surface area (Å²) in [6, 6.07) is -9.65. The minimum atomic E-state index is -1.73. The second-order valence-corrected chi connectivity index (χ2v) is 21.8. The second kappa shape index (κ2) is 37.6. The van der Waals surface area contributed by atoms with Gasteiger partial charge in [-0.2, -0.15) is 37.9 Å². The molecule has 0 aliphatic rings. The number of nitrogens with two attached hydrogens (primary N) is 3. The van der Waals surface area contributed by atoms with Crippen molar-refractivity contribution in [1.82, 2.24) is 53.2 Å². The molecule has 0 heterocycles. The van der Waals surface area contributed by atoms with E-state index in [9.17, 15) is 72.9 Å². The first-order valence-corrected chi connectivity index (χ1v) is 28.5. The minimum absolute atomic E-state index is 0.00181. The number of carboxylic acids is 1. The molecular formula is C51H85N13O15S3. The average molecular weight is 1220 g/mol. The SMILES string of the molecule is CC(C)C[C@H](NC(=O)[C@H](CO)NC(=O)[C@H](CC(C)C)NC(=O)[C@@H](NC(=O)[C@H](CCCCN)NC(=O)[C@H](CS)NC(=O)[C@H](Cc1ccc(O)cc1)NC(=O)[C@H](CS)NC(=O)[C@H](C)N)C(C)C)C(=O)N[C@@H](CC(N)=O)C(=O)N[C@@H](CS)C(=O)O. The highest BCUT2D eigenvalue weighted by molar-refractivity contribution is 7.80. The molecule has 0 saturated heterocycles. The Kier molecular flexibility index (Phi) is 33.8. The molecule has 82 heavy (non-hydrogen) atoms. The molecule has 1 aromatic carbocycles. The van der Waals surface area contributed by atoms with Gasteiger partial charge >= 0.3 is 5.97 Å². The molecule has 1 aromatic rings. The summed E-state index contributed by atoms with van der Waals surface area (Å²) in [7, 11) is 0. The predicted molar refractivity (Wildman–Crippen MR) is 312 cm³/mol. The zero-order valence-electron chi connectivity index (χ0n) is 47.2. The van der Waals surface area contributed by atoms with Crippen LogP contribution >= 0.6 is 37.9 Å². The van der Waals surface area contributed by atoms with Gasteiger partial charge in [-0.25, -0.2) is 4.79 Å². The van der Waals surface area contributed by atoms with Crippen molar-refractivity contribution in [2.45, 2.75) is 160 Å². The van der Waals surface area contributed by atoms with E-state index in [0.29, 0.717) is 18.4 Å². The third kappa shape index (κ3) is 26.7. The number of amides is 11. The highest BCUT2D eigenvalue weighted by Gasteiger charge is 2.37. The molecule has 1 rings (SSSR count). The number of nitrogens with one attached hydrogen (secondary N) is 10. The Morgan fingerprint density at radius 3 is 1.30 bits per heavy atom. The van der Waals surface area contributed by atoms with E-state index < -0.39 is 156 Å². The summed E-state index contributed by atoms with van der Waals surface area (Å²) in [5, 5.41) is 54.3. The number of carboxylic acid groups (broad SMARTS) is 1. The van der Waals surface area contributed by atoms with Gasteiger partial charge in [0.2, 0.25) is 65.0 Å². The molecular weight excluding hydrogens is 1130 g/mol. The quantitative estimate of drug-likeness (QED) is 0.0220. The molecule has 31 heteroatoms. The van der Waals surface area contributed by atoms with Gasteiger partial charge in [-0.15, -0.1) is 0 Å². The standard InChI is InChI=1S/C51H85N13O15S3/c1-24(2)16-31(43(70)58-34(19-39(54)67)46(73)63-38(23-82)51(78)79)56-47(74)35(20-65)60-44(71)32(17-25(3)4)59-50(77)40(26(5)6)64-42(69)30(10-8-9-15-52)55-48(75)37(22-81)62-45(72)33(18-28-11-13-29(66)14-12-28)57-49(76)36(21-80)61-41(68)27(7)53/h11-14,24-27,30-38,40,65-66,80-82H,8-10,15-23,52-53H2,1-7H3,(H2,54,67)(H,55,75)(H,56,74)(H,57,76)(H,58,70)(H,59,77)(H,60,71)(H,61,68)(H,62,72)(H,63,73)(H,64,69)(H,78,79)/t27-,30-,31-,32-,33-,34-,35-,36-,37-,38-,40-/m0/s1. The fourth-order valence-corrected chi connectivity index (χ4v) is 8.44. The van der Waals surface area contributed by atoms with E-state index in [0.717, 1.165) is 0 Å². The molecule has 11 amide bonds. The van der Waals surface area contributed by atoms with E-state index in [-0.39, 0.29) is 67.1 Å². The van der Waals surface area contributed by atoms with Gasteiger partial charge in [-0.1, -0.05) is 53.7 Å². The number of aliphatic hydroxyl groups is 1. The molecule has 0 spiro atoms. The van der Waals surface area contributed by atoms with Crippen molar-refractivity contribution >= 4 is 109 Å². The molecule has 0 aromatic heterocycles. The number of aliphatic carboxylic acids is 1. The van der Waals surface area contributed by atoms with E-state index in [1.807, 2.05) is 0 Å². The van der Waals surface area contributed by atoms with Crippen LogP contribution in [0, 0.1) is 17.8 Å². The van der Waals surface area contributed by atoms with Gasteiger partial charge in [0.05, 0.1) is 19.1 Å². The van der Waals surface area contributed by atoms with Crippen LogP contribution in [0.5, 0.6) is 5.75 Å². The Labute approximate surface area is 493 Å². The van der Waals surface area contributed by atoms with E-state index in [1.54, 1.807) is 41.5 Å². The normalized spacial score (nSPS) is 15.3. The van der Waals surface area contributed by atoms with Crippen LogP contribution in [-0.2, 0) is 64.0 Å². The fourth-order valence-electron chi connectivity index (χ4n) is 7.68.